The number of rotatable bonds is 2. The van der Waals surface area contributed by atoms with E-state index in [1.165, 1.54) is 16.2 Å². The van der Waals surface area contributed by atoms with Crippen LogP contribution in [0, 0.1) is 17.2 Å². The summed E-state index contributed by atoms with van der Waals surface area (Å²) in [6, 6.07) is 7.39. The fourth-order valence-electron chi connectivity index (χ4n) is 2.80. The van der Waals surface area contributed by atoms with E-state index in [2.05, 4.69) is 34.2 Å². The summed E-state index contributed by atoms with van der Waals surface area (Å²) in [5.74, 6) is 0.329. The first-order valence-electron chi connectivity index (χ1n) is 7.30. The summed E-state index contributed by atoms with van der Waals surface area (Å²) >= 11 is 11.0. The van der Waals surface area contributed by atoms with Gasteiger partial charge in [-0.15, -0.1) is 11.3 Å². The summed E-state index contributed by atoms with van der Waals surface area (Å²) in [6.07, 6.45) is 2.97. The molecule has 1 aromatic carbocycles. The highest BCUT2D eigenvalue weighted by atomic mass is 79.9. The molecule has 1 amide bonds. The number of nitriles is 1. The molecule has 1 atom stereocenters. The molecular weight excluding hydrogens is 396 g/mol. The normalized spacial score (nSPS) is 16.5. The van der Waals surface area contributed by atoms with Gasteiger partial charge >= 0.3 is 0 Å². The van der Waals surface area contributed by atoms with Crippen molar-refractivity contribution in [2.24, 2.45) is 5.92 Å². The van der Waals surface area contributed by atoms with Gasteiger partial charge in [0.2, 0.25) is 0 Å². The lowest BCUT2D eigenvalue weighted by Crippen LogP contribution is -2.12. The van der Waals surface area contributed by atoms with E-state index in [-0.39, 0.29) is 5.91 Å². The Morgan fingerprint density at radius 2 is 2.30 bits per heavy atom. The van der Waals surface area contributed by atoms with Gasteiger partial charge in [0.25, 0.3) is 5.91 Å². The topological polar surface area (TPSA) is 52.9 Å². The molecule has 2 aromatic rings. The molecule has 0 saturated heterocycles. The number of carbonyl (C=O) groups excluding carboxylic acids is 1. The summed E-state index contributed by atoms with van der Waals surface area (Å²) < 4.78 is 0.784. The van der Waals surface area contributed by atoms with Crippen LogP contribution < -0.4 is 5.32 Å². The Kier molecular flexibility index (Phi) is 4.77. The molecule has 0 bridgehead atoms. The smallest absolute Gasteiger partial charge is 0.257 e. The molecule has 23 heavy (non-hydrogen) atoms. The standard InChI is InChI=1S/C17H14BrClN2OS/c1-9-2-4-11-13(8-20)17(23-15(11)6-9)21-16(22)12-7-10(18)3-5-14(12)19/h3,5,7,9H,2,4,6H2,1H3,(H,21,22)/t9-/m1/s1. The quantitative estimate of drug-likeness (QED) is 0.720. The van der Waals surface area contributed by atoms with Gasteiger partial charge < -0.3 is 5.32 Å². The van der Waals surface area contributed by atoms with Crippen molar-refractivity contribution in [3.8, 4) is 6.07 Å². The molecule has 118 valence electrons. The zero-order valence-corrected chi connectivity index (χ0v) is 15.6. The maximum absolute atomic E-state index is 12.5. The Hall–Kier alpha value is -1.35. The number of anilines is 1. The fraction of sp³-hybridized carbons (Fsp3) is 0.294. The van der Waals surface area contributed by atoms with Gasteiger partial charge in [0.05, 0.1) is 16.1 Å². The highest BCUT2D eigenvalue weighted by Gasteiger charge is 2.25. The fourth-order valence-corrected chi connectivity index (χ4v) is 4.72. The van der Waals surface area contributed by atoms with Crippen LogP contribution in [0.1, 0.15) is 39.7 Å². The van der Waals surface area contributed by atoms with Gasteiger partial charge in [0.1, 0.15) is 11.1 Å². The molecular formula is C17H14BrClN2OS. The first kappa shape index (κ1) is 16.5. The van der Waals surface area contributed by atoms with Crippen molar-refractivity contribution in [1.29, 1.82) is 5.26 Å². The predicted octanol–water partition coefficient (Wildman–Crippen LogP) is 5.41. The summed E-state index contributed by atoms with van der Waals surface area (Å²) in [5, 5.41) is 13.4. The highest BCUT2D eigenvalue weighted by molar-refractivity contribution is 9.10. The molecule has 3 rings (SSSR count). The van der Waals surface area contributed by atoms with Gasteiger partial charge in [0.15, 0.2) is 0 Å². The van der Waals surface area contributed by atoms with Gasteiger partial charge in [-0.1, -0.05) is 34.5 Å². The van der Waals surface area contributed by atoms with Crippen LogP contribution in [0.2, 0.25) is 5.02 Å². The Morgan fingerprint density at radius 1 is 1.52 bits per heavy atom. The Bertz CT molecular complexity index is 825. The van der Waals surface area contributed by atoms with Crippen molar-refractivity contribution in [3.05, 3.63) is 49.3 Å². The van der Waals surface area contributed by atoms with E-state index in [1.807, 2.05) is 0 Å². The van der Waals surface area contributed by atoms with E-state index in [9.17, 15) is 10.1 Å². The molecule has 1 aliphatic carbocycles. The molecule has 0 unspecified atom stereocenters. The zero-order chi connectivity index (χ0) is 16.6. The lowest BCUT2D eigenvalue weighted by atomic mass is 9.88. The van der Waals surface area contributed by atoms with E-state index >= 15 is 0 Å². The minimum Gasteiger partial charge on any atom is -0.312 e. The van der Waals surface area contributed by atoms with Crippen molar-refractivity contribution in [2.75, 3.05) is 5.32 Å². The first-order valence-corrected chi connectivity index (χ1v) is 9.29. The van der Waals surface area contributed by atoms with E-state index < -0.39 is 0 Å². The van der Waals surface area contributed by atoms with Crippen LogP contribution in [0.3, 0.4) is 0 Å². The average molecular weight is 410 g/mol. The third-order valence-corrected chi connectivity index (χ3v) is 6.02. The van der Waals surface area contributed by atoms with Crippen LogP contribution in [0.5, 0.6) is 0 Å². The van der Waals surface area contributed by atoms with E-state index in [0.29, 0.717) is 27.1 Å². The van der Waals surface area contributed by atoms with Gasteiger partial charge in [-0.3, -0.25) is 4.79 Å². The van der Waals surface area contributed by atoms with Crippen LogP contribution in [0.15, 0.2) is 22.7 Å². The molecule has 1 aromatic heterocycles. The lowest BCUT2D eigenvalue weighted by Gasteiger charge is -2.17. The second-order valence-electron chi connectivity index (χ2n) is 5.75. The number of hydrogen-bond acceptors (Lipinski definition) is 3. The Morgan fingerprint density at radius 3 is 3.04 bits per heavy atom. The van der Waals surface area contributed by atoms with E-state index in [4.69, 9.17) is 11.6 Å². The molecule has 1 N–H and O–H groups in total. The summed E-state index contributed by atoms with van der Waals surface area (Å²) in [6.45, 7) is 2.22. The molecule has 0 spiro atoms. The number of benzene rings is 1. The molecule has 0 saturated carbocycles. The van der Waals surface area contributed by atoms with E-state index in [1.54, 1.807) is 18.2 Å². The second kappa shape index (κ2) is 6.64. The number of fused-ring (bicyclic) bond motifs is 1. The number of nitrogens with zero attached hydrogens (tertiary/aromatic N) is 1. The maximum Gasteiger partial charge on any atom is 0.257 e. The van der Waals surface area contributed by atoms with Crippen LogP contribution in [0.4, 0.5) is 5.00 Å². The number of nitrogens with one attached hydrogen (secondary N) is 1. The van der Waals surface area contributed by atoms with Crippen molar-refractivity contribution in [3.63, 3.8) is 0 Å². The Balaban J connectivity index is 1.93. The van der Waals surface area contributed by atoms with E-state index in [0.717, 1.165) is 29.3 Å². The average Bonchev–Trinajstić information content (AvgIpc) is 2.85. The third-order valence-electron chi connectivity index (χ3n) is 4.02. The summed E-state index contributed by atoms with van der Waals surface area (Å²) in [4.78, 5) is 13.7. The number of thiophene rings is 1. The highest BCUT2D eigenvalue weighted by Crippen LogP contribution is 2.39. The lowest BCUT2D eigenvalue weighted by molar-refractivity contribution is 0.102. The summed E-state index contributed by atoms with van der Waals surface area (Å²) in [5.41, 5.74) is 2.10. The Labute approximate surface area is 152 Å². The monoisotopic (exact) mass is 408 g/mol. The minimum atomic E-state index is -0.292. The molecule has 0 fully saturated rings. The molecule has 0 aliphatic heterocycles. The number of hydrogen-bond donors (Lipinski definition) is 1. The molecule has 1 heterocycles. The van der Waals surface area contributed by atoms with Crippen LogP contribution in [0.25, 0.3) is 0 Å². The van der Waals surface area contributed by atoms with Crippen LogP contribution >= 0.6 is 38.9 Å². The van der Waals surface area contributed by atoms with Crippen molar-refractivity contribution in [1.82, 2.24) is 0 Å². The number of amides is 1. The number of halogens is 2. The maximum atomic E-state index is 12.5. The van der Waals surface area contributed by atoms with Gasteiger partial charge in [0, 0.05) is 9.35 Å². The van der Waals surface area contributed by atoms with Crippen molar-refractivity contribution >= 4 is 49.8 Å². The van der Waals surface area contributed by atoms with Gasteiger partial charge in [-0.25, -0.2) is 0 Å². The molecule has 1 aliphatic rings. The number of carbonyl (C=O) groups is 1. The predicted molar refractivity (Wildman–Crippen MR) is 97.3 cm³/mol. The SMILES string of the molecule is C[C@@H]1CCc2c(sc(NC(=O)c3cc(Br)ccc3Cl)c2C#N)C1. The zero-order valence-electron chi connectivity index (χ0n) is 12.5. The minimum absolute atomic E-state index is 0.292. The van der Waals surface area contributed by atoms with Crippen molar-refractivity contribution in [2.45, 2.75) is 26.2 Å². The molecule has 3 nitrogen and oxygen atoms in total. The summed E-state index contributed by atoms with van der Waals surface area (Å²) in [7, 11) is 0. The largest absolute Gasteiger partial charge is 0.312 e. The van der Waals surface area contributed by atoms with Gasteiger partial charge in [-0.05, 0) is 48.9 Å². The molecule has 6 heteroatoms. The van der Waals surface area contributed by atoms with Crippen LogP contribution in [-0.2, 0) is 12.8 Å². The van der Waals surface area contributed by atoms with Crippen LogP contribution in [-0.4, -0.2) is 5.91 Å². The molecule has 0 radical (unpaired) electrons. The van der Waals surface area contributed by atoms with Gasteiger partial charge in [-0.2, -0.15) is 5.26 Å². The second-order valence-corrected chi connectivity index (χ2v) is 8.17. The first-order chi connectivity index (χ1) is 11.0. The van der Waals surface area contributed by atoms with Crippen molar-refractivity contribution < 1.29 is 4.79 Å². The third kappa shape index (κ3) is 3.30.